The van der Waals surface area contributed by atoms with Crippen LogP contribution in [0.4, 0.5) is 5.69 Å². The molecule has 0 radical (unpaired) electrons. The van der Waals surface area contributed by atoms with Gasteiger partial charge in [-0.25, -0.2) is 0 Å². The Kier molecular flexibility index (Phi) is 7.26. The Balaban J connectivity index is 0.00000288. The van der Waals surface area contributed by atoms with Gasteiger partial charge in [0.05, 0.1) is 12.6 Å². The van der Waals surface area contributed by atoms with E-state index in [9.17, 15) is 9.90 Å². The van der Waals surface area contributed by atoms with Gasteiger partial charge in [0.1, 0.15) is 0 Å². The third-order valence-electron chi connectivity index (χ3n) is 4.04. The minimum absolute atomic E-state index is 0. The molecule has 2 aromatic carbocycles. The van der Waals surface area contributed by atoms with E-state index in [-0.39, 0.29) is 24.9 Å². The van der Waals surface area contributed by atoms with E-state index < -0.39 is 6.10 Å². The molecule has 0 aromatic heterocycles. The molecule has 0 aliphatic rings. The van der Waals surface area contributed by atoms with Crippen molar-refractivity contribution in [2.75, 3.05) is 18.8 Å². The third kappa shape index (κ3) is 4.73. The van der Waals surface area contributed by atoms with Crippen LogP contribution in [0.15, 0.2) is 42.5 Å². The van der Waals surface area contributed by atoms with Crippen LogP contribution < -0.4 is 5.73 Å². The highest BCUT2D eigenvalue weighted by Gasteiger charge is 2.19. The second-order valence-corrected chi connectivity index (χ2v) is 5.84. The number of aryl methyl sites for hydroxylation is 2. The molecule has 0 saturated carbocycles. The molecule has 130 valence electrons. The summed E-state index contributed by atoms with van der Waals surface area (Å²) in [7, 11) is 0. The molecule has 2 aromatic rings. The van der Waals surface area contributed by atoms with Gasteiger partial charge < -0.3 is 15.7 Å². The molecule has 0 aliphatic heterocycles. The van der Waals surface area contributed by atoms with Crippen molar-refractivity contribution in [2.45, 2.75) is 26.9 Å². The number of hydrogen-bond donors (Lipinski definition) is 2. The normalized spacial score (nSPS) is 11.5. The fourth-order valence-corrected chi connectivity index (χ4v) is 2.45. The van der Waals surface area contributed by atoms with Gasteiger partial charge in [0.15, 0.2) is 0 Å². The predicted molar refractivity (Wildman–Crippen MR) is 101 cm³/mol. The van der Waals surface area contributed by atoms with Gasteiger partial charge in [-0.05, 0) is 50.1 Å². The number of carbonyl (C=O) groups excluding carboxylic acids is 1. The smallest absolute Gasteiger partial charge is 0.253 e. The van der Waals surface area contributed by atoms with Gasteiger partial charge in [0.2, 0.25) is 0 Å². The minimum atomic E-state index is -0.700. The number of carbonyl (C=O) groups is 1. The van der Waals surface area contributed by atoms with Gasteiger partial charge in [-0.2, -0.15) is 0 Å². The molecule has 0 saturated heterocycles. The second-order valence-electron chi connectivity index (χ2n) is 5.84. The minimum Gasteiger partial charge on any atom is -0.399 e. The first-order chi connectivity index (χ1) is 10.9. The van der Waals surface area contributed by atoms with Crippen LogP contribution in [0.5, 0.6) is 0 Å². The Bertz CT molecular complexity index is 686. The zero-order valence-electron chi connectivity index (χ0n) is 14.3. The lowest BCUT2D eigenvalue weighted by Gasteiger charge is -2.24. The van der Waals surface area contributed by atoms with Gasteiger partial charge in [0.25, 0.3) is 5.91 Å². The van der Waals surface area contributed by atoms with Crippen LogP contribution >= 0.6 is 12.4 Å². The highest BCUT2D eigenvalue weighted by molar-refractivity contribution is 5.94. The van der Waals surface area contributed by atoms with E-state index in [0.29, 0.717) is 17.8 Å². The summed E-state index contributed by atoms with van der Waals surface area (Å²) >= 11 is 0. The van der Waals surface area contributed by atoms with E-state index in [0.717, 1.165) is 16.7 Å². The van der Waals surface area contributed by atoms with Crippen molar-refractivity contribution in [2.24, 2.45) is 0 Å². The largest absolute Gasteiger partial charge is 0.399 e. The number of amides is 1. The maximum Gasteiger partial charge on any atom is 0.253 e. The van der Waals surface area contributed by atoms with Gasteiger partial charge in [-0.3, -0.25) is 4.79 Å². The van der Waals surface area contributed by atoms with Gasteiger partial charge in [-0.15, -0.1) is 12.4 Å². The van der Waals surface area contributed by atoms with Crippen LogP contribution in [0.2, 0.25) is 0 Å². The molecule has 0 fully saturated rings. The number of benzene rings is 2. The van der Waals surface area contributed by atoms with Crippen LogP contribution in [0.1, 0.15) is 40.1 Å². The summed E-state index contributed by atoms with van der Waals surface area (Å²) in [5.41, 5.74) is 9.90. The Morgan fingerprint density at radius 2 is 1.79 bits per heavy atom. The molecule has 4 nitrogen and oxygen atoms in total. The Labute approximate surface area is 149 Å². The molecule has 2 rings (SSSR count). The highest BCUT2D eigenvalue weighted by atomic mass is 35.5. The number of aliphatic hydroxyl groups excluding tert-OH is 1. The summed E-state index contributed by atoms with van der Waals surface area (Å²) in [5, 5.41) is 10.4. The number of aliphatic hydroxyl groups is 1. The number of likely N-dealkylation sites (N-methyl/N-ethyl adjacent to an activating group) is 1. The maximum atomic E-state index is 12.6. The van der Waals surface area contributed by atoms with Crippen LogP contribution in [-0.2, 0) is 0 Å². The average molecular weight is 349 g/mol. The van der Waals surface area contributed by atoms with Crippen molar-refractivity contribution in [3.63, 3.8) is 0 Å². The lowest BCUT2D eigenvalue weighted by Crippen LogP contribution is -2.34. The Morgan fingerprint density at radius 3 is 2.33 bits per heavy atom. The fourth-order valence-electron chi connectivity index (χ4n) is 2.45. The first kappa shape index (κ1) is 20.0. The van der Waals surface area contributed by atoms with Crippen molar-refractivity contribution in [1.29, 1.82) is 0 Å². The zero-order valence-corrected chi connectivity index (χ0v) is 15.1. The Hall–Kier alpha value is -2.04. The molecular formula is C19H25ClN2O2. The van der Waals surface area contributed by atoms with Crippen molar-refractivity contribution in [3.8, 4) is 0 Å². The third-order valence-corrected chi connectivity index (χ3v) is 4.04. The van der Waals surface area contributed by atoms with Crippen LogP contribution in [0, 0.1) is 13.8 Å². The molecule has 0 spiro atoms. The quantitative estimate of drug-likeness (QED) is 0.813. The van der Waals surface area contributed by atoms with Crippen LogP contribution in [0.3, 0.4) is 0 Å². The number of nitrogens with zero attached hydrogens (tertiary/aromatic N) is 1. The summed E-state index contributed by atoms with van der Waals surface area (Å²) in [6.07, 6.45) is -0.700. The lowest BCUT2D eigenvalue weighted by atomic mass is 10.1. The van der Waals surface area contributed by atoms with Crippen LogP contribution in [0.25, 0.3) is 0 Å². The second kappa shape index (κ2) is 8.71. The molecule has 1 amide bonds. The summed E-state index contributed by atoms with van der Waals surface area (Å²) in [6, 6.07) is 13.0. The molecular weight excluding hydrogens is 324 g/mol. The Morgan fingerprint density at radius 1 is 1.17 bits per heavy atom. The first-order valence-electron chi connectivity index (χ1n) is 7.82. The molecule has 0 aliphatic carbocycles. The van der Waals surface area contributed by atoms with Crippen molar-refractivity contribution >= 4 is 24.0 Å². The molecule has 24 heavy (non-hydrogen) atoms. The summed E-state index contributed by atoms with van der Waals surface area (Å²) in [5.74, 6) is -0.0956. The van der Waals surface area contributed by atoms with Gasteiger partial charge >= 0.3 is 0 Å². The lowest BCUT2D eigenvalue weighted by molar-refractivity contribution is 0.0635. The number of nitrogens with two attached hydrogens (primary N) is 1. The predicted octanol–water partition coefficient (Wildman–Crippen LogP) is 3.50. The van der Waals surface area contributed by atoms with E-state index in [4.69, 9.17) is 5.73 Å². The molecule has 0 bridgehead atoms. The molecule has 5 heteroatoms. The summed E-state index contributed by atoms with van der Waals surface area (Å²) in [4.78, 5) is 14.3. The highest BCUT2D eigenvalue weighted by Crippen LogP contribution is 2.18. The molecule has 1 unspecified atom stereocenters. The molecule has 1 atom stereocenters. The fraction of sp³-hybridized carbons (Fsp3) is 0.316. The number of nitrogen functional groups attached to an aromatic ring is 1. The van der Waals surface area contributed by atoms with Crippen molar-refractivity contribution < 1.29 is 9.90 Å². The molecule has 0 heterocycles. The molecule has 3 N–H and O–H groups in total. The SMILES string of the molecule is CCN(CC(O)c1ccc(C)cc1)C(=O)c1ccc(N)c(C)c1.Cl. The zero-order chi connectivity index (χ0) is 17.0. The summed E-state index contributed by atoms with van der Waals surface area (Å²) in [6.45, 7) is 6.59. The number of hydrogen-bond acceptors (Lipinski definition) is 3. The number of rotatable bonds is 5. The topological polar surface area (TPSA) is 66.6 Å². The van der Waals surface area contributed by atoms with Gasteiger partial charge in [0, 0.05) is 17.8 Å². The van der Waals surface area contributed by atoms with Crippen molar-refractivity contribution in [3.05, 3.63) is 64.7 Å². The number of anilines is 1. The van der Waals surface area contributed by atoms with E-state index in [1.807, 2.05) is 45.0 Å². The number of halogens is 1. The first-order valence-corrected chi connectivity index (χ1v) is 7.82. The van der Waals surface area contributed by atoms with E-state index in [2.05, 4.69) is 0 Å². The van der Waals surface area contributed by atoms with E-state index >= 15 is 0 Å². The van der Waals surface area contributed by atoms with Crippen molar-refractivity contribution in [1.82, 2.24) is 4.90 Å². The van der Waals surface area contributed by atoms with Gasteiger partial charge in [-0.1, -0.05) is 29.8 Å². The summed E-state index contributed by atoms with van der Waals surface area (Å²) < 4.78 is 0. The van der Waals surface area contributed by atoms with E-state index in [1.165, 1.54) is 0 Å². The maximum absolute atomic E-state index is 12.6. The monoisotopic (exact) mass is 348 g/mol. The standard InChI is InChI=1S/C19H24N2O2.ClH/c1-4-21(12-18(22)15-7-5-13(2)6-8-15)19(23)16-9-10-17(20)14(3)11-16;/h5-11,18,22H,4,12,20H2,1-3H3;1H. The average Bonchev–Trinajstić information content (AvgIpc) is 2.55. The van der Waals surface area contributed by atoms with Crippen LogP contribution in [-0.4, -0.2) is 29.0 Å². The van der Waals surface area contributed by atoms with E-state index in [1.54, 1.807) is 23.1 Å².